The lowest BCUT2D eigenvalue weighted by Crippen LogP contribution is -2.35. The molecular weight excluding hydrogens is 214 g/mol. The summed E-state index contributed by atoms with van der Waals surface area (Å²) < 4.78 is 7.18. The van der Waals surface area contributed by atoms with Crippen LogP contribution in [0.5, 0.6) is 5.75 Å². The molecule has 1 N–H and O–H groups in total. The van der Waals surface area contributed by atoms with Crippen LogP contribution in [0.2, 0.25) is 0 Å². The fourth-order valence-corrected chi connectivity index (χ4v) is 1.80. The maximum absolute atomic E-state index is 10.2. The van der Waals surface area contributed by atoms with Crippen molar-refractivity contribution in [3.8, 4) is 5.75 Å². The molecule has 0 spiro atoms. The van der Waals surface area contributed by atoms with Gasteiger partial charge in [-0.05, 0) is 6.07 Å². The van der Waals surface area contributed by atoms with Gasteiger partial charge >= 0.3 is 0 Å². The number of methoxy groups -OCH3 is 1. The van der Waals surface area contributed by atoms with E-state index in [1.54, 1.807) is 7.11 Å². The lowest BCUT2D eigenvalue weighted by atomic mass is 10.1. The first-order chi connectivity index (χ1) is 8.31. The van der Waals surface area contributed by atoms with Crippen molar-refractivity contribution in [2.45, 2.75) is 12.6 Å². The predicted octanol–water partition coefficient (Wildman–Crippen LogP) is 1.72. The van der Waals surface area contributed by atoms with Gasteiger partial charge in [-0.15, -0.1) is 0 Å². The van der Waals surface area contributed by atoms with E-state index in [4.69, 9.17) is 4.74 Å². The minimum Gasteiger partial charge on any atom is -0.496 e. The van der Waals surface area contributed by atoms with Gasteiger partial charge in [0.2, 0.25) is 0 Å². The van der Waals surface area contributed by atoms with Gasteiger partial charge in [0.25, 0.3) is 0 Å². The standard InChI is InChI=1S/C14H16NO2/c1-17-14-8-4-3-7-12(14)13(16)11-15-9-5-2-6-10-15/h2-10,13,16H,11H2,1H3/q+1. The summed E-state index contributed by atoms with van der Waals surface area (Å²) in [6.45, 7) is 0.515. The zero-order chi connectivity index (χ0) is 12.1. The van der Waals surface area contributed by atoms with E-state index in [0.29, 0.717) is 6.54 Å². The van der Waals surface area contributed by atoms with Gasteiger partial charge in [-0.25, -0.2) is 4.57 Å². The summed E-state index contributed by atoms with van der Waals surface area (Å²) in [5.41, 5.74) is 0.811. The maximum atomic E-state index is 10.2. The van der Waals surface area contributed by atoms with Gasteiger partial charge in [0.1, 0.15) is 11.9 Å². The van der Waals surface area contributed by atoms with Crippen molar-refractivity contribution in [2.24, 2.45) is 0 Å². The number of rotatable bonds is 4. The number of hydrogen-bond acceptors (Lipinski definition) is 2. The molecule has 0 saturated heterocycles. The molecule has 2 rings (SSSR count). The monoisotopic (exact) mass is 230 g/mol. The Morgan fingerprint density at radius 3 is 2.53 bits per heavy atom. The van der Waals surface area contributed by atoms with Crippen LogP contribution in [-0.4, -0.2) is 12.2 Å². The first-order valence-corrected chi connectivity index (χ1v) is 5.56. The van der Waals surface area contributed by atoms with Crippen molar-refractivity contribution in [1.82, 2.24) is 0 Å². The minimum absolute atomic E-state index is 0.515. The Balaban J connectivity index is 2.17. The number of aliphatic hydroxyl groups is 1. The van der Waals surface area contributed by atoms with Gasteiger partial charge in [-0.1, -0.05) is 24.3 Å². The third-order valence-electron chi connectivity index (χ3n) is 2.66. The van der Waals surface area contributed by atoms with E-state index in [9.17, 15) is 5.11 Å². The second kappa shape index (κ2) is 5.46. The Kier molecular flexibility index (Phi) is 3.73. The fourth-order valence-electron chi connectivity index (χ4n) is 1.80. The van der Waals surface area contributed by atoms with E-state index in [1.165, 1.54) is 0 Å². The number of para-hydroxylation sites is 1. The number of ether oxygens (including phenoxy) is 1. The smallest absolute Gasteiger partial charge is 0.178 e. The number of pyridine rings is 1. The van der Waals surface area contributed by atoms with Crippen molar-refractivity contribution in [1.29, 1.82) is 0 Å². The Morgan fingerprint density at radius 1 is 1.12 bits per heavy atom. The molecule has 0 amide bonds. The van der Waals surface area contributed by atoms with Crippen LogP contribution < -0.4 is 9.30 Å². The Hall–Kier alpha value is -1.87. The summed E-state index contributed by atoms with van der Waals surface area (Å²) in [4.78, 5) is 0. The zero-order valence-corrected chi connectivity index (χ0v) is 9.78. The molecule has 2 aromatic rings. The molecule has 3 heteroatoms. The van der Waals surface area contributed by atoms with Gasteiger partial charge < -0.3 is 9.84 Å². The van der Waals surface area contributed by atoms with Gasteiger partial charge in [-0.3, -0.25) is 0 Å². The predicted molar refractivity (Wildman–Crippen MR) is 64.6 cm³/mol. The van der Waals surface area contributed by atoms with Crippen LogP contribution in [0.25, 0.3) is 0 Å². The molecule has 0 saturated carbocycles. The number of aliphatic hydroxyl groups excluding tert-OH is 1. The van der Waals surface area contributed by atoms with Crippen LogP contribution >= 0.6 is 0 Å². The highest BCUT2D eigenvalue weighted by Crippen LogP contribution is 2.24. The van der Waals surface area contributed by atoms with E-state index >= 15 is 0 Å². The average molecular weight is 230 g/mol. The van der Waals surface area contributed by atoms with Crippen molar-refractivity contribution in [3.63, 3.8) is 0 Å². The Labute approximate surface area is 101 Å². The van der Waals surface area contributed by atoms with Crippen molar-refractivity contribution in [3.05, 3.63) is 60.4 Å². The second-order valence-corrected chi connectivity index (χ2v) is 3.83. The molecule has 1 unspecified atom stereocenters. The molecule has 3 nitrogen and oxygen atoms in total. The highest BCUT2D eigenvalue weighted by atomic mass is 16.5. The summed E-state index contributed by atoms with van der Waals surface area (Å²) in [6, 6.07) is 13.4. The second-order valence-electron chi connectivity index (χ2n) is 3.83. The molecule has 1 heterocycles. The average Bonchev–Trinajstić information content (AvgIpc) is 2.40. The van der Waals surface area contributed by atoms with E-state index in [2.05, 4.69) is 0 Å². The quantitative estimate of drug-likeness (QED) is 0.811. The number of nitrogens with zero attached hydrogens (tertiary/aromatic N) is 1. The Bertz CT molecular complexity index is 471. The molecule has 88 valence electrons. The van der Waals surface area contributed by atoms with Crippen LogP contribution in [0.15, 0.2) is 54.9 Å². The first kappa shape index (κ1) is 11.6. The highest BCUT2D eigenvalue weighted by molar-refractivity contribution is 5.34. The molecule has 1 aromatic carbocycles. The first-order valence-electron chi connectivity index (χ1n) is 5.56. The molecule has 0 radical (unpaired) electrons. The van der Waals surface area contributed by atoms with Gasteiger partial charge in [-0.2, -0.15) is 0 Å². The van der Waals surface area contributed by atoms with Crippen LogP contribution in [0.1, 0.15) is 11.7 Å². The van der Waals surface area contributed by atoms with E-state index in [1.807, 2.05) is 59.4 Å². The largest absolute Gasteiger partial charge is 0.496 e. The number of benzene rings is 1. The molecule has 0 aliphatic rings. The molecule has 0 aliphatic heterocycles. The molecule has 1 aromatic heterocycles. The SMILES string of the molecule is COc1ccccc1C(O)C[n+]1ccccc1. The molecule has 0 aliphatic carbocycles. The molecule has 1 atom stereocenters. The molecule has 0 bridgehead atoms. The number of hydrogen-bond donors (Lipinski definition) is 1. The lowest BCUT2D eigenvalue weighted by molar-refractivity contribution is -0.704. The fraction of sp³-hybridized carbons (Fsp3) is 0.214. The van der Waals surface area contributed by atoms with Crippen LogP contribution in [0.3, 0.4) is 0 Å². The van der Waals surface area contributed by atoms with Crippen LogP contribution in [-0.2, 0) is 6.54 Å². The molecule has 0 fully saturated rings. The van der Waals surface area contributed by atoms with Gasteiger partial charge in [0.05, 0.1) is 7.11 Å². The van der Waals surface area contributed by atoms with Gasteiger partial charge in [0, 0.05) is 17.7 Å². The third kappa shape index (κ3) is 2.82. The zero-order valence-electron chi connectivity index (χ0n) is 9.78. The maximum Gasteiger partial charge on any atom is 0.178 e. The topological polar surface area (TPSA) is 33.3 Å². The summed E-state index contributed by atoms with van der Waals surface area (Å²) >= 11 is 0. The van der Waals surface area contributed by atoms with Crippen molar-refractivity contribution < 1.29 is 14.4 Å². The lowest BCUT2D eigenvalue weighted by Gasteiger charge is -2.11. The van der Waals surface area contributed by atoms with E-state index < -0.39 is 6.10 Å². The summed E-state index contributed by atoms with van der Waals surface area (Å²) in [7, 11) is 1.61. The summed E-state index contributed by atoms with van der Waals surface area (Å²) in [5, 5.41) is 10.2. The van der Waals surface area contributed by atoms with Gasteiger partial charge in [0.15, 0.2) is 18.9 Å². The van der Waals surface area contributed by atoms with Crippen molar-refractivity contribution >= 4 is 0 Å². The minimum atomic E-state index is -0.571. The third-order valence-corrected chi connectivity index (χ3v) is 2.66. The highest BCUT2D eigenvalue weighted by Gasteiger charge is 2.16. The normalized spacial score (nSPS) is 12.1. The Morgan fingerprint density at radius 2 is 1.82 bits per heavy atom. The molecular formula is C14H16NO2+. The summed E-state index contributed by atoms with van der Waals surface area (Å²) in [5.74, 6) is 0.719. The van der Waals surface area contributed by atoms with Crippen molar-refractivity contribution in [2.75, 3.05) is 7.11 Å². The van der Waals surface area contributed by atoms with Crippen LogP contribution in [0.4, 0.5) is 0 Å². The van der Waals surface area contributed by atoms with Crippen LogP contribution in [0, 0.1) is 0 Å². The van der Waals surface area contributed by atoms with E-state index in [0.717, 1.165) is 11.3 Å². The van der Waals surface area contributed by atoms with E-state index in [-0.39, 0.29) is 0 Å². The molecule has 17 heavy (non-hydrogen) atoms. The number of aromatic nitrogens is 1. The summed E-state index contributed by atoms with van der Waals surface area (Å²) in [6.07, 6.45) is 3.29.